The largest absolute Gasteiger partial charge is 0.508 e. The van der Waals surface area contributed by atoms with Gasteiger partial charge in [-0.25, -0.2) is 0 Å². The minimum atomic E-state index is -0.501. The van der Waals surface area contributed by atoms with Crippen LogP contribution in [0.3, 0.4) is 0 Å². The molecule has 0 aromatic heterocycles. The van der Waals surface area contributed by atoms with Crippen LogP contribution in [0.25, 0.3) is 0 Å². The quantitative estimate of drug-likeness (QED) is 0.404. The number of nitrogens with zero attached hydrogens (tertiary/aromatic N) is 1. The summed E-state index contributed by atoms with van der Waals surface area (Å²) in [6.45, 7) is 5.59. The lowest BCUT2D eigenvalue weighted by atomic mass is 9.98. The predicted molar refractivity (Wildman–Crippen MR) is 120 cm³/mol. The first kappa shape index (κ1) is 23.4. The highest BCUT2D eigenvalue weighted by Gasteiger charge is 2.17. The van der Waals surface area contributed by atoms with E-state index in [1.807, 2.05) is 25.8 Å². The Balaban J connectivity index is 2.07. The van der Waals surface area contributed by atoms with Crippen molar-refractivity contribution in [3.63, 3.8) is 0 Å². The molecule has 0 aliphatic rings. The second-order valence-electron chi connectivity index (χ2n) is 7.33. The summed E-state index contributed by atoms with van der Waals surface area (Å²) in [5, 5.41) is 23.2. The third-order valence-corrected chi connectivity index (χ3v) is 4.82. The number of rotatable bonds is 9. The van der Waals surface area contributed by atoms with Gasteiger partial charge in [0.25, 0.3) is 5.91 Å². The zero-order chi connectivity index (χ0) is 22.3. The number of halogens is 1. The van der Waals surface area contributed by atoms with Gasteiger partial charge in [-0.3, -0.25) is 9.69 Å². The van der Waals surface area contributed by atoms with Crippen LogP contribution in [0.2, 0.25) is 5.02 Å². The molecule has 2 aromatic rings. The molecule has 3 N–H and O–H groups in total. The van der Waals surface area contributed by atoms with Gasteiger partial charge in [0, 0.05) is 24.4 Å². The Morgan fingerprint density at radius 2 is 2.00 bits per heavy atom. The van der Waals surface area contributed by atoms with Crippen molar-refractivity contribution in [1.82, 2.24) is 4.90 Å². The molecule has 0 aliphatic heterocycles. The molecule has 2 aromatic carbocycles. The van der Waals surface area contributed by atoms with Crippen molar-refractivity contribution in [3.05, 3.63) is 46.5 Å². The summed E-state index contributed by atoms with van der Waals surface area (Å²) in [4.78, 5) is 14.7. The summed E-state index contributed by atoms with van der Waals surface area (Å²) < 4.78 is 5.74. The third kappa shape index (κ3) is 6.31. The molecule has 0 aliphatic carbocycles. The van der Waals surface area contributed by atoms with Crippen LogP contribution >= 0.6 is 11.6 Å². The number of amides is 1. The molecule has 0 unspecified atom stereocenters. The average molecular weight is 431 g/mol. The minimum Gasteiger partial charge on any atom is -0.508 e. The molecule has 0 saturated heterocycles. The molecule has 2 rings (SSSR count). The fraction of sp³-hybridized carbons (Fsp3) is 0.348. The monoisotopic (exact) mass is 430 g/mol. The maximum Gasteiger partial charge on any atom is 0.259 e. The molecular weight excluding hydrogens is 404 g/mol. The average Bonchev–Trinajstić information content (AvgIpc) is 2.67. The first-order valence-corrected chi connectivity index (χ1v) is 10.0. The molecule has 0 heterocycles. The lowest BCUT2D eigenvalue weighted by Gasteiger charge is -2.15. The van der Waals surface area contributed by atoms with Crippen molar-refractivity contribution in [1.29, 1.82) is 0 Å². The van der Waals surface area contributed by atoms with Crippen molar-refractivity contribution in [2.45, 2.75) is 26.2 Å². The van der Waals surface area contributed by atoms with E-state index in [9.17, 15) is 15.0 Å². The maximum absolute atomic E-state index is 12.7. The predicted octanol–water partition coefficient (Wildman–Crippen LogP) is 4.46. The maximum atomic E-state index is 12.7. The van der Waals surface area contributed by atoms with Crippen molar-refractivity contribution in [2.75, 3.05) is 32.1 Å². The van der Waals surface area contributed by atoms with Crippen molar-refractivity contribution in [2.24, 2.45) is 0 Å². The van der Waals surface area contributed by atoms with E-state index in [4.69, 9.17) is 22.8 Å². The van der Waals surface area contributed by atoms with Crippen LogP contribution in [0.4, 0.5) is 5.69 Å². The van der Waals surface area contributed by atoms with Gasteiger partial charge < -0.3 is 20.3 Å². The second-order valence-corrected chi connectivity index (χ2v) is 7.73. The lowest BCUT2D eigenvalue weighted by molar-refractivity contribution is 0.102. The van der Waals surface area contributed by atoms with Crippen LogP contribution < -0.4 is 10.1 Å². The van der Waals surface area contributed by atoms with Gasteiger partial charge in [-0.1, -0.05) is 31.4 Å². The summed E-state index contributed by atoms with van der Waals surface area (Å²) in [6, 6.07) is 7.58. The molecule has 30 heavy (non-hydrogen) atoms. The molecular formula is C23H27ClN2O4. The van der Waals surface area contributed by atoms with Gasteiger partial charge in [0.2, 0.25) is 0 Å². The first-order chi connectivity index (χ1) is 14.2. The summed E-state index contributed by atoms with van der Waals surface area (Å²) in [5.74, 6) is 2.18. The Bertz CT molecular complexity index is 938. The molecule has 0 spiro atoms. The zero-order valence-corrected chi connectivity index (χ0v) is 18.2. The highest BCUT2D eigenvalue weighted by molar-refractivity contribution is 6.32. The SMILES string of the molecule is C#CCN(C)CCCOc1cc(NC(=O)c2cc(C(C)C)c(O)cc2O)ccc1Cl. The van der Waals surface area contributed by atoms with Crippen LogP contribution in [0.5, 0.6) is 17.2 Å². The fourth-order valence-electron chi connectivity index (χ4n) is 2.88. The van der Waals surface area contributed by atoms with Gasteiger partial charge in [-0.2, -0.15) is 0 Å². The summed E-state index contributed by atoms with van der Waals surface area (Å²) in [6.07, 6.45) is 6.05. The Kier molecular flexibility index (Phi) is 8.40. The Morgan fingerprint density at radius 3 is 2.67 bits per heavy atom. The lowest BCUT2D eigenvalue weighted by Crippen LogP contribution is -2.21. The van der Waals surface area contributed by atoms with Gasteiger partial charge in [0.05, 0.1) is 23.7 Å². The molecule has 0 radical (unpaired) electrons. The number of hydrogen-bond acceptors (Lipinski definition) is 5. The molecule has 160 valence electrons. The number of benzene rings is 2. The minimum absolute atomic E-state index is 0.00707. The number of anilines is 1. The van der Waals surface area contributed by atoms with Crippen LogP contribution in [0, 0.1) is 12.3 Å². The number of nitrogens with one attached hydrogen (secondary N) is 1. The molecule has 0 atom stereocenters. The fourth-order valence-corrected chi connectivity index (χ4v) is 3.05. The number of hydrogen-bond donors (Lipinski definition) is 3. The number of carbonyl (C=O) groups is 1. The van der Waals surface area contributed by atoms with Gasteiger partial charge in [-0.05, 0) is 43.1 Å². The van der Waals surface area contributed by atoms with Crippen LogP contribution in [0.1, 0.15) is 42.1 Å². The van der Waals surface area contributed by atoms with E-state index in [2.05, 4.69) is 11.2 Å². The van der Waals surface area contributed by atoms with E-state index in [1.54, 1.807) is 18.2 Å². The van der Waals surface area contributed by atoms with Crippen LogP contribution in [-0.2, 0) is 0 Å². The number of carbonyl (C=O) groups excluding carboxylic acids is 1. The molecule has 0 bridgehead atoms. The molecule has 1 amide bonds. The van der Waals surface area contributed by atoms with Gasteiger partial charge in [-0.15, -0.1) is 6.42 Å². The molecule has 6 nitrogen and oxygen atoms in total. The highest BCUT2D eigenvalue weighted by Crippen LogP contribution is 2.33. The Morgan fingerprint density at radius 1 is 1.27 bits per heavy atom. The van der Waals surface area contributed by atoms with Crippen LogP contribution in [-0.4, -0.2) is 47.8 Å². The van der Waals surface area contributed by atoms with Gasteiger partial charge >= 0.3 is 0 Å². The Hall–Kier alpha value is -2.88. The zero-order valence-electron chi connectivity index (χ0n) is 17.4. The highest BCUT2D eigenvalue weighted by atomic mass is 35.5. The molecule has 0 saturated carbocycles. The van der Waals surface area contributed by atoms with Gasteiger partial charge in [0.15, 0.2) is 0 Å². The van der Waals surface area contributed by atoms with E-state index in [1.165, 1.54) is 12.1 Å². The summed E-state index contributed by atoms with van der Waals surface area (Å²) in [5.41, 5.74) is 1.13. The van der Waals surface area contributed by atoms with E-state index >= 15 is 0 Å². The first-order valence-electron chi connectivity index (χ1n) is 9.64. The number of terminal acetylenes is 1. The van der Waals surface area contributed by atoms with E-state index in [-0.39, 0.29) is 23.0 Å². The number of aromatic hydroxyl groups is 2. The third-order valence-electron chi connectivity index (χ3n) is 4.50. The topological polar surface area (TPSA) is 82.0 Å². The van der Waals surface area contributed by atoms with Gasteiger partial charge in [0.1, 0.15) is 17.2 Å². The smallest absolute Gasteiger partial charge is 0.259 e. The van der Waals surface area contributed by atoms with Crippen LogP contribution in [0.15, 0.2) is 30.3 Å². The van der Waals surface area contributed by atoms with E-state index < -0.39 is 5.91 Å². The van der Waals surface area contributed by atoms with Crippen molar-refractivity contribution < 1.29 is 19.7 Å². The summed E-state index contributed by atoms with van der Waals surface area (Å²) in [7, 11) is 1.94. The van der Waals surface area contributed by atoms with E-state index in [0.717, 1.165) is 13.0 Å². The number of ether oxygens (including phenoxy) is 1. The van der Waals surface area contributed by atoms with Crippen molar-refractivity contribution >= 4 is 23.2 Å². The summed E-state index contributed by atoms with van der Waals surface area (Å²) >= 11 is 6.20. The number of phenols is 2. The molecule has 0 fully saturated rings. The standard InChI is InChI=1S/C23H27ClN2O4/c1-5-9-26(4)10-6-11-30-22-12-16(7-8-19(22)24)25-23(29)18-13-17(15(2)3)20(27)14-21(18)28/h1,7-8,12-15,27-28H,6,9-11H2,2-4H3,(H,25,29). The van der Waals surface area contributed by atoms with E-state index in [0.29, 0.717) is 35.2 Å². The second kappa shape index (κ2) is 10.8. The normalized spacial score (nSPS) is 10.8. The Labute approximate surface area is 182 Å². The molecule has 7 heteroatoms. The van der Waals surface area contributed by atoms with Crippen molar-refractivity contribution in [3.8, 4) is 29.6 Å². The number of phenolic OH excluding ortho intramolecular Hbond substituents is 2.